The van der Waals surface area contributed by atoms with Crippen molar-refractivity contribution in [1.29, 1.82) is 0 Å². The smallest absolute Gasteiger partial charge is 0.0378 e. The quantitative estimate of drug-likeness (QED) is 0.852. The van der Waals surface area contributed by atoms with E-state index in [0.29, 0.717) is 6.04 Å². The molecule has 0 amide bonds. The van der Waals surface area contributed by atoms with E-state index >= 15 is 0 Å². The Labute approximate surface area is 106 Å². The van der Waals surface area contributed by atoms with Gasteiger partial charge in [-0.15, -0.1) is 0 Å². The number of nitrogens with one attached hydrogen (secondary N) is 1. The summed E-state index contributed by atoms with van der Waals surface area (Å²) in [4.78, 5) is 2.47. The normalized spacial score (nSPS) is 21.9. The van der Waals surface area contributed by atoms with Crippen LogP contribution in [0.3, 0.4) is 0 Å². The number of rotatable bonds is 1. The summed E-state index contributed by atoms with van der Waals surface area (Å²) in [6.07, 6.45) is 1.22. The molecule has 1 N–H and O–H groups in total. The fourth-order valence-electron chi connectivity index (χ4n) is 2.12. The Bertz CT molecular complexity index is 365. The van der Waals surface area contributed by atoms with E-state index in [4.69, 9.17) is 0 Å². The monoisotopic (exact) mass is 282 g/mol. The van der Waals surface area contributed by atoms with Gasteiger partial charge < -0.3 is 10.2 Å². The molecule has 2 rings (SSSR count). The average molecular weight is 283 g/mol. The fourth-order valence-corrected chi connectivity index (χ4v) is 2.48. The SMILES string of the molecule is Cc1ccc(N2CCCNC(C)C2)cc1Br. The van der Waals surface area contributed by atoms with Crippen molar-refractivity contribution >= 4 is 21.6 Å². The van der Waals surface area contributed by atoms with E-state index in [1.54, 1.807) is 0 Å². The van der Waals surface area contributed by atoms with Crippen LogP contribution in [0.4, 0.5) is 5.69 Å². The number of anilines is 1. The first-order chi connectivity index (χ1) is 7.66. The van der Waals surface area contributed by atoms with Gasteiger partial charge in [0.15, 0.2) is 0 Å². The van der Waals surface area contributed by atoms with Crippen LogP contribution in [-0.2, 0) is 0 Å². The Balaban J connectivity index is 2.18. The molecule has 1 atom stereocenters. The minimum absolute atomic E-state index is 0.572. The maximum atomic E-state index is 3.61. The van der Waals surface area contributed by atoms with Gasteiger partial charge in [-0.25, -0.2) is 0 Å². The minimum atomic E-state index is 0.572. The topological polar surface area (TPSA) is 15.3 Å². The van der Waals surface area contributed by atoms with Gasteiger partial charge in [-0.3, -0.25) is 0 Å². The summed E-state index contributed by atoms with van der Waals surface area (Å²) < 4.78 is 1.20. The van der Waals surface area contributed by atoms with Crippen LogP contribution < -0.4 is 10.2 Å². The van der Waals surface area contributed by atoms with E-state index in [1.807, 2.05) is 0 Å². The first-order valence-corrected chi connectivity index (χ1v) is 6.70. The third-order valence-corrected chi connectivity index (χ3v) is 3.97. The number of halogens is 1. The van der Waals surface area contributed by atoms with Crippen LogP contribution in [0.1, 0.15) is 18.9 Å². The molecule has 1 heterocycles. The van der Waals surface area contributed by atoms with Crippen molar-refractivity contribution in [2.75, 3.05) is 24.5 Å². The van der Waals surface area contributed by atoms with Gasteiger partial charge in [0.1, 0.15) is 0 Å². The van der Waals surface area contributed by atoms with Crippen molar-refractivity contribution in [2.24, 2.45) is 0 Å². The van der Waals surface area contributed by atoms with Crippen LogP contribution in [0, 0.1) is 6.92 Å². The van der Waals surface area contributed by atoms with Gasteiger partial charge in [-0.2, -0.15) is 0 Å². The molecule has 0 spiro atoms. The first-order valence-electron chi connectivity index (χ1n) is 5.91. The number of aryl methyl sites for hydroxylation is 1. The molecule has 0 bridgehead atoms. The van der Waals surface area contributed by atoms with E-state index in [2.05, 4.69) is 58.2 Å². The summed E-state index contributed by atoms with van der Waals surface area (Å²) in [6.45, 7) is 7.75. The Kier molecular flexibility index (Phi) is 3.87. The highest BCUT2D eigenvalue weighted by molar-refractivity contribution is 9.10. The Hall–Kier alpha value is -0.540. The molecule has 1 fully saturated rings. The lowest BCUT2D eigenvalue weighted by Gasteiger charge is -2.25. The molecule has 1 aromatic rings. The molecule has 0 aromatic heterocycles. The highest BCUT2D eigenvalue weighted by atomic mass is 79.9. The van der Waals surface area contributed by atoms with Crippen LogP contribution >= 0.6 is 15.9 Å². The fraction of sp³-hybridized carbons (Fsp3) is 0.538. The van der Waals surface area contributed by atoms with E-state index in [0.717, 1.165) is 19.6 Å². The van der Waals surface area contributed by atoms with Crippen LogP contribution in [0.2, 0.25) is 0 Å². The first kappa shape index (κ1) is 11.9. The Morgan fingerprint density at radius 1 is 1.44 bits per heavy atom. The highest BCUT2D eigenvalue weighted by Crippen LogP contribution is 2.24. The van der Waals surface area contributed by atoms with Gasteiger partial charge in [0.2, 0.25) is 0 Å². The molecule has 3 heteroatoms. The molecule has 1 aromatic carbocycles. The van der Waals surface area contributed by atoms with Crippen LogP contribution in [0.25, 0.3) is 0 Å². The molecule has 0 aliphatic carbocycles. The van der Waals surface area contributed by atoms with Crippen molar-refractivity contribution in [3.05, 3.63) is 28.2 Å². The largest absolute Gasteiger partial charge is 0.370 e. The molecule has 2 nitrogen and oxygen atoms in total. The average Bonchev–Trinajstić information content (AvgIpc) is 2.47. The third-order valence-electron chi connectivity index (χ3n) is 3.11. The summed E-state index contributed by atoms with van der Waals surface area (Å²) in [5, 5.41) is 3.52. The maximum absolute atomic E-state index is 3.61. The maximum Gasteiger partial charge on any atom is 0.0378 e. The van der Waals surface area contributed by atoms with Gasteiger partial charge in [-0.05, 0) is 44.5 Å². The van der Waals surface area contributed by atoms with Gasteiger partial charge in [0.25, 0.3) is 0 Å². The van der Waals surface area contributed by atoms with Gasteiger partial charge in [0, 0.05) is 29.3 Å². The molecule has 16 heavy (non-hydrogen) atoms. The predicted octanol–water partition coefficient (Wildman–Crippen LogP) is 2.95. The van der Waals surface area contributed by atoms with E-state index < -0.39 is 0 Å². The molecule has 1 aliphatic rings. The summed E-state index contributed by atoms with van der Waals surface area (Å²) in [5.41, 5.74) is 2.62. The van der Waals surface area contributed by atoms with Crippen LogP contribution in [0.5, 0.6) is 0 Å². The number of hydrogen-bond acceptors (Lipinski definition) is 2. The highest BCUT2D eigenvalue weighted by Gasteiger charge is 2.14. The van der Waals surface area contributed by atoms with Crippen molar-refractivity contribution in [1.82, 2.24) is 5.32 Å². The Morgan fingerprint density at radius 3 is 3.00 bits per heavy atom. The second kappa shape index (κ2) is 5.19. The lowest BCUT2D eigenvalue weighted by atomic mass is 10.2. The molecule has 1 unspecified atom stereocenters. The van der Waals surface area contributed by atoms with Gasteiger partial charge in [0.05, 0.1) is 0 Å². The van der Waals surface area contributed by atoms with E-state index in [1.165, 1.54) is 22.1 Å². The lowest BCUT2D eigenvalue weighted by Crippen LogP contribution is -2.35. The second-order valence-electron chi connectivity index (χ2n) is 4.59. The molecule has 0 radical (unpaired) electrons. The van der Waals surface area contributed by atoms with Crippen molar-refractivity contribution in [3.63, 3.8) is 0 Å². The van der Waals surface area contributed by atoms with E-state index in [-0.39, 0.29) is 0 Å². The summed E-state index contributed by atoms with van der Waals surface area (Å²) in [5.74, 6) is 0. The molecule has 1 aliphatic heterocycles. The summed E-state index contributed by atoms with van der Waals surface area (Å²) in [6, 6.07) is 7.20. The third kappa shape index (κ3) is 2.77. The zero-order chi connectivity index (χ0) is 11.5. The Morgan fingerprint density at radius 2 is 2.25 bits per heavy atom. The minimum Gasteiger partial charge on any atom is -0.370 e. The van der Waals surface area contributed by atoms with E-state index in [9.17, 15) is 0 Å². The lowest BCUT2D eigenvalue weighted by molar-refractivity contribution is 0.585. The molecule has 88 valence electrons. The molecular weight excluding hydrogens is 264 g/mol. The second-order valence-corrected chi connectivity index (χ2v) is 5.44. The summed E-state index contributed by atoms with van der Waals surface area (Å²) in [7, 11) is 0. The van der Waals surface area contributed by atoms with Crippen LogP contribution in [-0.4, -0.2) is 25.7 Å². The number of hydrogen-bond donors (Lipinski definition) is 1. The zero-order valence-corrected chi connectivity index (χ0v) is 11.5. The molecule has 1 saturated heterocycles. The molecule has 0 saturated carbocycles. The number of nitrogens with zero attached hydrogens (tertiary/aromatic N) is 1. The predicted molar refractivity (Wildman–Crippen MR) is 73.2 cm³/mol. The van der Waals surface area contributed by atoms with Crippen molar-refractivity contribution in [3.8, 4) is 0 Å². The van der Waals surface area contributed by atoms with Gasteiger partial charge in [-0.1, -0.05) is 22.0 Å². The standard InChI is InChI=1S/C13H19BrN2/c1-10-4-5-12(8-13(10)14)16-7-3-6-15-11(2)9-16/h4-5,8,11,15H,3,6-7,9H2,1-2H3. The zero-order valence-electron chi connectivity index (χ0n) is 9.96. The van der Waals surface area contributed by atoms with Crippen LogP contribution in [0.15, 0.2) is 22.7 Å². The van der Waals surface area contributed by atoms with Crippen molar-refractivity contribution < 1.29 is 0 Å². The number of benzene rings is 1. The summed E-state index contributed by atoms with van der Waals surface area (Å²) >= 11 is 3.61. The molecular formula is C13H19BrN2. The van der Waals surface area contributed by atoms with Crippen molar-refractivity contribution in [2.45, 2.75) is 26.3 Å². The van der Waals surface area contributed by atoms with Gasteiger partial charge >= 0.3 is 0 Å².